The first-order valence-corrected chi connectivity index (χ1v) is 7.09. The van der Waals surface area contributed by atoms with Gasteiger partial charge >= 0.3 is 5.97 Å². The molecule has 2 aromatic rings. The van der Waals surface area contributed by atoms with Gasteiger partial charge in [-0.2, -0.15) is 5.26 Å². The van der Waals surface area contributed by atoms with Crippen molar-refractivity contribution in [3.63, 3.8) is 0 Å². The first kappa shape index (κ1) is 16.2. The van der Waals surface area contributed by atoms with Crippen LogP contribution < -0.4 is 5.32 Å². The number of carbonyl (C=O) groups is 2. The van der Waals surface area contributed by atoms with E-state index in [1.807, 2.05) is 37.3 Å². The molecule has 5 nitrogen and oxygen atoms in total. The van der Waals surface area contributed by atoms with Crippen LogP contribution in [0.4, 0.5) is 0 Å². The van der Waals surface area contributed by atoms with Gasteiger partial charge in [0, 0.05) is 12.0 Å². The number of nitrogens with zero attached hydrogens (tertiary/aromatic N) is 1. The van der Waals surface area contributed by atoms with Crippen LogP contribution in [0.5, 0.6) is 0 Å². The van der Waals surface area contributed by atoms with Crippen LogP contribution in [0.15, 0.2) is 48.5 Å². The predicted octanol–water partition coefficient (Wildman–Crippen LogP) is 2.29. The lowest BCUT2D eigenvalue weighted by molar-refractivity contribution is -0.139. The average molecular weight is 308 g/mol. The molecule has 0 aliphatic rings. The lowest BCUT2D eigenvalue weighted by atomic mass is 10.0. The van der Waals surface area contributed by atoms with Crippen molar-refractivity contribution in [3.05, 3.63) is 70.8 Å². The second-order valence-corrected chi connectivity index (χ2v) is 5.18. The van der Waals surface area contributed by atoms with Crippen molar-refractivity contribution in [2.24, 2.45) is 0 Å². The molecule has 116 valence electrons. The number of hydrogen-bond acceptors (Lipinski definition) is 3. The number of amides is 1. The maximum Gasteiger partial charge on any atom is 0.326 e. The van der Waals surface area contributed by atoms with Gasteiger partial charge in [0.05, 0.1) is 11.6 Å². The molecule has 0 aliphatic carbocycles. The van der Waals surface area contributed by atoms with E-state index in [-0.39, 0.29) is 6.42 Å². The molecular weight excluding hydrogens is 292 g/mol. The Hall–Kier alpha value is -3.13. The summed E-state index contributed by atoms with van der Waals surface area (Å²) in [4.78, 5) is 23.6. The van der Waals surface area contributed by atoms with Crippen LogP contribution in [0.3, 0.4) is 0 Å². The molecule has 0 spiro atoms. The number of carbonyl (C=O) groups excluding carboxylic acids is 1. The highest BCUT2D eigenvalue weighted by atomic mass is 16.4. The molecule has 23 heavy (non-hydrogen) atoms. The Balaban J connectivity index is 2.13. The second kappa shape index (κ2) is 7.23. The van der Waals surface area contributed by atoms with Crippen molar-refractivity contribution in [1.82, 2.24) is 5.32 Å². The Labute approximate surface area is 134 Å². The van der Waals surface area contributed by atoms with Gasteiger partial charge in [-0.25, -0.2) is 4.79 Å². The smallest absolute Gasteiger partial charge is 0.326 e. The molecular formula is C18H16N2O3. The number of nitrogens with one attached hydrogen (secondary N) is 1. The van der Waals surface area contributed by atoms with E-state index < -0.39 is 17.9 Å². The molecule has 0 aromatic heterocycles. The summed E-state index contributed by atoms with van der Waals surface area (Å²) < 4.78 is 0. The molecule has 5 heteroatoms. The van der Waals surface area contributed by atoms with Crippen molar-refractivity contribution in [2.45, 2.75) is 19.4 Å². The fourth-order valence-corrected chi connectivity index (χ4v) is 2.20. The monoisotopic (exact) mass is 308 g/mol. The summed E-state index contributed by atoms with van der Waals surface area (Å²) in [5, 5.41) is 20.6. The normalized spacial score (nSPS) is 11.3. The van der Waals surface area contributed by atoms with Crippen molar-refractivity contribution < 1.29 is 14.7 Å². The van der Waals surface area contributed by atoms with Crippen LogP contribution >= 0.6 is 0 Å². The summed E-state index contributed by atoms with van der Waals surface area (Å²) in [6, 6.07) is 14.5. The first-order valence-electron chi connectivity index (χ1n) is 7.09. The Morgan fingerprint density at radius 2 is 1.83 bits per heavy atom. The van der Waals surface area contributed by atoms with Crippen LogP contribution in [0.25, 0.3) is 0 Å². The summed E-state index contributed by atoms with van der Waals surface area (Å²) in [7, 11) is 0. The van der Waals surface area contributed by atoms with E-state index >= 15 is 0 Å². The minimum absolute atomic E-state index is 0.212. The zero-order valence-electron chi connectivity index (χ0n) is 12.6. The van der Waals surface area contributed by atoms with Gasteiger partial charge in [-0.15, -0.1) is 0 Å². The topological polar surface area (TPSA) is 90.2 Å². The maximum atomic E-state index is 12.2. The molecule has 0 unspecified atom stereocenters. The molecule has 0 aliphatic heterocycles. The molecule has 0 bridgehead atoms. The summed E-state index contributed by atoms with van der Waals surface area (Å²) >= 11 is 0. The molecule has 0 saturated heterocycles. The van der Waals surface area contributed by atoms with Gasteiger partial charge in [0.2, 0.25) is 0 Å². The van der Waals surface area contributed by atoms with E-state index in [0.29, 0.717) is 11.1 Å². The largest absolute Gasteiger partial charge is 0.480 e. The fraction of sp³-hybridized carbons (Fsp3) is 0.167. The van der Waals surface area contributed by atoms with Crippen molar-refractivity contribution >= 4 is 11.9 Å². The minimum atomic E-state index is -1.09. The SMILES string of the molecule is Cc1ccccc1C[C@H](NC(=O)c1ccc(C#N)cc1)C(=O)O. The molecule has 0 radical (unpaired) electrons. The third-order valence-corrected chi connectivity index (χ3v) is 3.56. The molecule has 0 fully saturated rings. The Kier molecular flexibility index (Phi) is 5.11. The zero-order chi connectivity index (χ0) is 16.8. The van der Waals surface area contributed by atoms with E-state index in [0.717, 1.165) is 11.1 Å². The number of carboxylic acids is 1. The highest BCUT2D eigenvalue weighted by molar-refractivity contribution is 5.96. The number of aliphatic carboxylic acids is 1. The second-order valence-electron chi connectivity index (χ2n) is 5.18. The highest BCUT2D eigenvalue weighted by Gasteiger charge is 2.21. The molecule has 1 atom stereocenters. The van der Waals surface area contributed by atoms with Crippen molar-refractivity contribution in [3.8, 4) is 6.07 Å². The van der Waals surface area contributed by atoms with Crippen LogP contribution in [0.2, 0.25) is 0 Å². The van der Waals surface area contributed by atoms with E-state index in [1.165, 1.54) is 24.3 Å². The van der Waals surface area contributed by atoms with Gasteiger partial charge in [0.1, 0.15) is 6.04 Å². The number of benzene rings is 2. The minimum Gasteiger partial charge on any atom is -0.480 e. The number of rotatable bonds is 5. The number of nitriles is 1. The van der Waals surface area contributed by atoms with Crippen molar-refractivity contribution in [2.75, 3.05) is 0 Å². The van der Waals surface area contributed by atoms with Gasteiger partial charge in [-0.05, 0) is 42.3 Å². The zero-order valence-corrected chi connectivity index (χ0v) is 12.6. The Morgan fingerprint density at radius 1 is 1.17 bits per heavy atom. The lowest BCUT2D eigenvalue weighted by Crippen LogP contribution is -2.42. The number of carboxylic acid groups (broad SMARTS) is 1. The molecule has 1 amide bonds. The van der Waals surface area contributed by atoms with Crippen LogP contribution in [0, 0.1) is 18.3 Å². The summed E-state index contributed by atoms with van der Waals surface area (Å²) in [6.45, 7) is 1.90. The van der Waals surface area contributed by atoms with Gasteiger partial charge in [-0.1, -0.05) is 24.3 Å². The fourth-order valence-electron chi connectivity index (χ4n) is 2.20. The van der Waals surface area contributed by atoms with E-state index in [9.17, 15) is 14.7 Å². The molecule has 2 N–H and O–H groups in total. The quantitative estimate of drug-likeness (QED) is 0.886. The van der Waals surface area contributed by atoms with Crippen LogP contribution in [0.1, 0.15) is 27.0 Å². The van der Waals surface area contributed by atoms with Gasteiger partial charge in [0.25, 0.3) is 5.91 Å². The maximum absolute atomic E-state index is 12.2. The van der Waals surface area contributed by atoms with Crippen molar-refractivity contribution in [1.29, 1.82) is 5.26 Å². The van der Waals surface area contributed by atoms with Crippen LogP contribution in [-0.2, 0) is 11.2 Å². The van der Waals surface area contributed by atoms with Gasteiger partial charge in [0.15, 0.2) is 0 Å². The summed E-state index contributed by atoms with van der Waals surface area (Å²) in [5.41, 5.74) is 2.61. The summed E-state index contributed by atoms with van der Waals surface area (Å²) in [5.74, 6) is -1.56. The number of hydrogen-bond donors (Lipinski definition) is 2. The molecule has 2 rings (SSSR count). The standard InChI is InChI=1S/C18H16N2O3/c1-12-4-2-3-5-15(12)10-16(18(22)23)20-17(21)14-8-6-13(11-19)7-9-14/h2-9,16H,10H2,1H3,(H,20,21)(H,22,23)/t16-/m0/s1. The third kappa shape index (κ3) is 4.17. The van der Waals surface area contributed by atoms with E-state index in [4.69, 9.17) is 5.26 Å². The van der Waals surface area contributed by atoms with E-state index in [1.54, 1.807) is 0 Å². The van der Waals surface area contributed by atoms with Gasteiger partial charge in [-0.3, -0.25) is 4.79 Å². The Morgan fingerprint density at radius 3 is 2.39 bits per heavy atom. The highest BCUT2D eigenvalue weighted by Crippen LogP contribution is 2.11. The number of aryl methyl sites for hydroxylation is 1. The van der Waals surface area contributed by atoms with Crippen LogP contribution in [-0.4, -0.2) is 23.0 Å². The first-order chi connectivity index (χ1) is 11.0. The molecule has 0 heterocycles. The predicted molar refractivity (Wildman–Crippen MR) is 84.9 cm³/mol. The Bertz CT molecular complexity index is 761. The van der Waals surface area contributed by atoms with E-state index in [2.05, 4.69) is 5.32 Å². The average Bonchev–Trinajstić information content (AvgIpc) is 2.56. The molecule has 0 saturated carbocycles. The third-order valence-electron chi connectivity index (χ3n) is 3.56. The molecule has 2 aromatic carbocycles. The van der Waals surface area contributed by atoms with Gasteiger partial charge < -0.3 is 10.4 Å². The summed E-state index contributed by atoms with van der Waals surface area (Å²) in [6.07, 6.45) is 0.212. The lowest BCUT2D eigenvalue weighted by Gasteiger charge is -2.16.